The zero-order valence-electron chi connectivity index (χ0n) is 10.8. The van der Waals surface area contributed by atoms with Gasteiger partial charge in [0.05, 0.1) is 6.04 Å². The zero-order valence-corrected chi connectivity index (χ0v) is 11.6. The van der Waals surface area contributed by atoms with Crippen molar-refractivity contribution >= 4 is 23.4 Å². The average Bonchev–Trinajstić information content (AvgIpc) is 3.15. The van der Waals surface area contributed by atoms with Crippen LogP contribution in [0.25, 0.3) is 0 Å². The molecule has 2 rings (SSSR count). The molecule has 0 radical (unpaired) electrons. The lowest BCUT2D eigenvalue weighted by Gasteiger charge is -2.40. The summed E-state index contributed by atoms with van der Waals surface area (Å²) in [7, 11) is 0. The van der Waals surface area contributed by atoms with Gasteiger partial charge in [0.1, 0.15) is 5.88 Å². The molecular weight excluding hydrogens is 252 g/mol. The molecule has 18 heavy (non-hydrogen) atoms. The summed E-state index contributed by atoms with van der Waals surface area (Å²) in [6, 6.07) is 0.645. The lowest BCUT2D eigenvalue weighted by molar-refractivity contribution is -0.134. The summed E-state index contributed by atoms with van der Waals surface area (Å²) in [4.78, 5) is 25.3. The van der Waals surface area contributed by atoms with Crippen molar-refractivity contribution in [3.63, 3.8) is 0 Å². The van der Waals surface area contributed by atoms with E-state index in [1.165, 1.54) is 0 Å². The number of hydrogen-bond acceptors (Lipinski definition) is 2. The van der Waals surface area contributed by atoms with Gasteiger partial charge in [-0.1, -0.05) is 12.8 Å². The van der Waals surface area contributed by atoms with Gasteiger partial charge in [0.15, 0.2) is 0 Å². The first-order chi connectivity index (χ1) is 8.63. The number of nitrogens with one attached hydrogen (secondary N) is 1. The van der Waals surface area contributed by atoms with Crippen LogP contribution in [0.4, 0.5) is 0 Å². The molecule has 0 bridgehead atoms. The predicted molar refractivity (Wildman–Crippen MR) is 70.4 cm³/mol. The van der Waals surface area contributed by atoms with Crippen LogP contribution in [0.1, 0.15) is 45.4 Å². The Labute approximate surface area is 113 Å². The summed E-state index contributed by atoms with van der Waals surface area (Å²) in [5.41, 5.74) is 0. The maximum absolute atomic E-state index is 11.8. The molecule has 0 saturated heterocycles. The summed E-state index contributed by atoms with van der Waals surface area (Å²) in [6.45, 7) is 1.63. The molecule has 1 N–H and O–H groups in total. The summed E-state index contributed by atoms with van der Waals surface area (Å²) < 4.78 is 0. The minimum Gasteiger partial charge on any atom is -0.350 e. The summed E-state index contributed by atoms with van der Waals surface area (Å²) >= 11 is 5.54. The van der Waals surface area contributed by atoms with Crippen LogP contribution in [0.5, 0.6) is 0 Å². The van der Waals surface area contributed by atoms with Crippen LogP contribution < -0.4 is 5.32 Å². The Hall–Kier alpha value is -0.770. The third-order valence-corrected chi connectivity index (χ3v) is 4.10. The number of alkyl halides is 1. The van der Waals surface area contributed by atoms with E-state index < -0.39 is 0 Å². The molecule has 2 saturated carbocycles. The van der Waals surface area contributed by atoms with E-state index in [-0.39, 0.29) is 29.8 Å². The van der Waals surface area contributed by atoms with Gasteiger partial charge in [0.25, 0.3) is 0 Å². The van der Waals surface area contributed by atoms with Crippen LogP contribution in [0.2, 0.25) is 0 Å². The van der Waals surface area contributed by atoms with Crippen molar-refractivity contribution in [2.75, 3.05) is 5.88 Å². The van der Waals surface area contributed by atoms with E-state index in [9.17, 15) is 9.59 Å². The van der Waals surface area contributed by atoms with E-state index in [0.29, 0.717) is 6.04 Å². The Morgan fingerprint density at radius 1 is 1.22 bits per heavy atom. The van der Waals surface area contributed by atoms with E-state index in [1.807, 2.05) is 4.90 Å². The van der Waals surface area contributed by atoms with Crippen molar-refractivity contribution in [3.05, 3.63) is 0 Å². The highest BCUT2D eigenvalue weighted by molar-refractivity contribution is 6.27. The van der Waals surface area contributed by atoms with Gasteiger partial charge in [-0.25, -0.2) is 0 Å². The summed E-state index contributed by atoms with van der Waals surface area (Å²) in [5.74, 6) is -0.00501. The Balaban J connectivity index is 2.05. The third kappa shape index (κ3) is 3.16. The smallest absolute Gasteiger partial charge is 0.235 e. The molecule has 0 heterocycles. The fourth-order valence-corrected chi connectivity index (χ4v) is 3.05. The van der Waals surface area contributed by atoms with Gasteiger partial charge in [0, 0.05) is 19.0 Å². The Morgan fingerprint density at radius 3 is 2.44 bits per heavy atom. The quantitative estimate of drug-likeness (QED) is 0.792. The lowest BCUT2D eigenvalue weighted by Crippen LogP contribution is -2.55. The van der Waals surface area contributed by atoms with Gasteiger partial charge in [-0.3, -0.25) is 9.59 Å². The number of rotatable bonds is 4. The fourth-order valence-electron chi connectivity index (χ4n) is 2.97. The highest BCUT2D eigenvalue weighted by Crippen LogP contribution is 2.33. The highest BCUT2D eigenvalue weighted by Gasteiger charge is 2.40. The Kier molecular flexibility index (Phi) is 4.49. The van der Waals surface area contributed by atoms with E-state index >= 15 is 0 Å². The summed E-state index contributed by atoms with van der Waals surface area (Å²) in [6.07, 6.45) is 6.39. The van der Waals surface area contributed by atoms with Gasteiger partial charge in [-0.05, 0) is 25.7 Å². The normalized spacial score (nSPS) is 27.7. The monoisotopic (exact) mass is 272 g/mol. The van der Waals surface area contributed by atoms with Gasteiger partial charge >= 0.3 is 0 Å². The molecule has 102 valence electrons. The number of carbonyl (C=O) groups excluding carboxylic acids is 2. The molecule has 2 amide bonds. The number of nitrogens with zero attached hydrogens (tertiary/aromatic N) is 1. The maximum atomic E-state index is 11.8. The Morgan fingerprint density at radius 2 is 1.89 bits per heavy atom. The van der Waals surface area contributed by atoms with Crippen molar-refractivity contribution in [1.29, 1.82) is 0 Å². The van der Waals surface area contributed by atoms with Gasteiger partial charge < -0.3 is 10.2 Å². The zero-order chi connectivity index (χ0) is 13.1. The number of amides is 2. The van der Waals surface area contributed by atoms with E-state index in [0.717, 1.165) is 38.5 Å². The maximum Gasteiger partial charge on any atom is 0.235 e. The molecule has 0 aromatic heterocycles. The molecule has 2 fully saturated rings. The third-order valence-electron chi connectivity index (χ3n) is 3.86. The van der Waals surface area contributed by atoms with Gasteiger partial charge in [0.2, 0.25) is 11.8 Å². The van der Waals surface area contributed by atoms with Crippen molar-refractivity contribution in [2.45, 2.75) is 63.6 Å². The second-order valence-electron chi connectivity index (χ2n) is 5.32. The number of hydrogen-bond donors (Lipinski definition) is 1. The van der Waals surface area contributed by atoms with Crippen molar-refractivity contribution < 1.29 is 9.59 Å². The van der Waals surface area contributed by atoms with Crippen molar-refractivity contribution in [3.8, 4) is 0 Å². The standard InChI is InChI=1S/C13H21ClN2O2/c1-9(17)16(10-6-7-10)12-5-3-2-4-11(12)15-13(18)8-14/h10-12H,2-8H2,1H3,(H,15,18)/t11-,12+/m1/s1. The lowest BCUT2D eigenvalue weighted by atomic mass is 9.88. The molecule has 2 atom stereocenters. The molecule has 0 spiro atoms. The van der Waals surface area contributed by atoms with Crippen molar-refractivity contribution in [2.24, 2.45) is 0 Å². The number of carbonyl (C=O) groups is 2. The van der Waals surface area contributed by atoms with Gasteiger partial charge in [-0.2, -0.15) is 0 Å². The van der Waals surface area contributed by atoms with Crippen molar-refractivity contribution in [1.82, 2.24) is 10.2 Å². The van der Waals surface area contributed by atoms with Crippen LogP contribution in [0.15, 0.2) is 0 Å². The first-order valence-electron chi connectivity index (χ1n) is 6.77. The van der Waals surface area contributed by atoms with Crippen LogP contribution in [0.3, 0.4) is 0 Å². The second kappa shape index (κ2) is 5.91. The highest BCUT2D eigenvalue weighted by atomic mass is 35.5. The van der Waals surface area contributed by atoms with Crippen LogP contribution in [0, 0.1) is 0 Å². The molecule has 5 heteroatoms. The fraction of sp³-hybridized carbons (Fsp3) is 0.846. The largest absolute Gasteiger partial charge is 0.350 e. The van der Waals surface area contributed by atoms with E-state index in [1.54, 1.807) is 6.92 Å². The first-order valence-corrected chi connectivity index (χ1v) is 7.31. The molecule has 0 aliphatic heterocycles. The van der Waals surface area contributed by atoms with Crippen LogP contribution in [-0.2, 0) is 9.59 Å². The van der Waals surface area contributed by atoms with E-state index in [4.69, 9.17) is 11.6 Å². The minimum atomic E-state index is -0.132. The molecule has 4 nitrogen and oxygen atoms in total. The van der Waals surface area contributed by atoms with Crippen LogP contribution >= 0.6 is 11.6 Å². The molecule has 0 aromatic rings. The SMILES string of the molecule is CC(=O)N(C1CC1)[C@H]1CCCC[C@H]1NC(=O)CCl. The average molecular weight is 273 g/mol. The summed E-state index contributed by atoms with van der Waals surface area (Å²) in [5, 5.41) is 2.97. The second-order valence-corrected chi connectivity index (χ2v) is 5.58. The Bertz CT molecular complexity index is 331. The predicted octanol–water partition coefficient (Wildman–Crippen LogP) is 1.66. The first kappa shape index (κ1) is 13.7. The number of halogens is 1. The van der Waals surface area contributed by atoms with Crippen LogP contribution in [-0.4, -0.2) is 40.7 Å². The molecule has 2 aliphatic carbocycles. The van der Waals surface area contributed by atoms with E-state index in [2.05, 4.69) is 5.32 Å². The molecule has 2 aliphatic rings. The molecule has 0 unspecified atom stereocenters. The molecule has 0 aromatic carbocycles. The van der Waals surface area contributed by atoms with Gasteiger partial charge in [-0.15, -0.1) is 11.6 Å². The minimum absolute atomic E-state index is 0.00722. The molecular formula is C13H21ClN2O2. The topological polar surface area (TPSA) is 49.4 Å².